The number of anilines is 1. The van der Waals surface area contributed by atoms with E-state index in [-0.39, 0.29) is 17.5 Å². The summed E-state index contributed by atoms with van der Waals surface area (Å²) in [6.07, 6.45) is 3.18. The maximum Gasteiger partial charge on any atom is 0.274 e. The number of benzene rings is 2. The third-order valence-electron chi connectivity index (χ3n) is 5.23. The number of nitrogens with one attached hydrogen (secondary N) is 1. The summed E-state index contributed by atoms with van der Waals surface area (Å²) in [6, 6.07) is 14.2. The first-order chi connectivity index (χ1) is 14.6. The molecule has 6 nitrogen and oxygen atoms in total. The van der Waals surface area contributed by atoms with Gasteiger partial charge in [0, 0.05) is 24.2 Å². The number of piperidine rings is 1. The van der Waals surface area contributed by atoms with Gasteiger partial charge in [0.05, 0.1) is 17.7 Å². The average molecular weight is 424 g/mol. The van der Waals surface area contributed by atoms with E-state index in [1.165, 1.54) is 7.11 Å². The first kappa shape index (κ1) is 20.2. The fourth-order valence-corrected chi connectivity index (χ4v) is 3.93. The van der Waals surface area contributed by atoms with Crippen LogP contribution in [-0.4, -0.2) is 41.9 Å². The van der Waals surface area contributed by atoms with Crippen LogP contribution < -0.4 is 10.1 Å². The van der Waals surface area contributed by atoms with Crippen molar-refractivity contribution in [2.45, 2.75) is 19.3 Å². The highest BCUT2D eigenvalue weighted by atomic mass is 35.5. The summed E-state index contributed by atoms with van der Waals surface area (Å²) in [5.74, 6) is -0.0671. The van der Waals surface area contributed by atoms with Gasteiger partial charge in [-0.2, -0.15) is 0 Å². The first-order valence-corrected chi connectivity index (χ1v) is 10.3. The maximum atomic E-state index is 12.8. The fourth-order valence-electron chi connectivity index (χ4n) is 3.67. The van der Waals surface area contributed by atoms with Crippen LogP contribution in [0.2, 0.25) is 5.02 Å². The van der Waals surface area contributed by atoms with Gasteiger partial charge in [0.15, 0.2) is 0 Å². The Hall–Kier alpha value is -3.12. The molecule has 4 rings (SSSR count). The number of carbonyl (C=O) groups is 2. The minimum absolute atomic E-state index is 0.0708. The van der Waals surface area contributed by atoms with Crippen LogP contribution in [0.1, 0.15) is 40.1 Å². The molecule has 2 amide bonds. The first-order valence-electron chi connectivity index (χ1n) is 9.91. The highest BCUT2D eigenvalue weighted by molar-refractivity contribution is 6.34. The number of halogens is 1. The number of aromatic nitrogens is 1. The Labute approximate surface area is 179 Å². The van der Waals surface area contributed by atoms with E-state index in [2.05, 4.69) is 10.3 Å². The Bertz CT molecular complexity index is 1110. The molecular weight excluding hydrogens is 402 g/mol. The van der Waals surface area contributed by atoms with Crippen molar-refractivity contribution in [1.82, 2.24) is 9.88 Å². The van der Waals surface area contributed by atoms with Crippen molar-refractivity contribution < 1.29 is 14.3 Å². The lowest BCUT2D eigenvalue weighted by Gasteiger charge is -2.27. The molecule has 0 spiro atoms. The zero-order chi connectivity index (χ0) is 21.1. The highest BCUT2D eigenvalue weighted by Gasteiger charge is 2.21. The van der Waals surface area contributed by atoms with E-state index < -0.39 is 0 Å². The van der Waals surface area contributed by atoms with E-state index in [1.807, 2.05) is 29.2 Å². The molecule has 0 aliphatic carbocycles. The van der Waals surface area contributed by atoms with Gasteiger partial charge in [-0.1, -0.05) is 29.8 Å². The summed E-state index contributed by atoms with van der Waals surface area (Å²) >= 11 is 6.36. The van der Waals surface area contributed by atoms with Crippen molar-refractivity contribution in [1.29, 1.82) is 0 Å². The zero-order valence-electron chi connectivity index (χ0n) is 16.7. The van der Waals surface area contributed by atoms with Gasteiger partial charge < -0.3 is 15.0 Å². The summed E-state index contributed by atoms with van der Waals surface area (Å²) < 4.78 is 5.33. The molecule has 0 atom stereocenters. The van der Waals surface area contributed by atoms with Crippen LogP contribution in [0.4, 0.5) is 5.69 Å². The number of fused-ring (bicyclic) bond motifs is 1. The van der Waals surface area contributed by atoms with Gasteiger partial charge in [0.1, 0.15) is 5.69 Å². The summed E-state index contributed by atoms with van der Waals surface area (Å²) in [7, 11) is 1.52. The molecule has 0 bridgehead atoms. The molecule has 1 N–H and O–H groups in total. The molecule has 0 radical (unpaired) electrons. The van der Waals surface area contributed by atoms with E-state index in [4.69, 9.17) is 16.3 Å². The molecular formula is C23H22ClN3O3. The van der Waals surface area contributed by atoms with Crippen molar-refractivity contribution >= 4 is 39.9 Å². The lowest BCUT2D eigenvalue weighted by Crippen LogP contribution is -2.35. The molecule has 1 aliphatic heterocycles. The van der Waals surface area contributed by atoms with E-state index >= 15 is 0 Å². The molecule has 1 aliphatic rings. The molecule has 30 heavy (non-hydrogen) atoms. The zero-order valence-corrected chi connectivity index (χ0v) is 17.4. The van der Waals surface area contributed by atoms with Crippen molar-refractivity contribution in [3.8, 4) is 5.88 Å². The Morgan fingerprint density at radius 2 is 1.83 bits per heavy atom. The molecule has 3 aromatic rings. The molecule has 0 unspecified atom stereocenters. The minimum Gasteiger partial charge on any atom is -0.481 e. The molecule has 2 heterocycles. The number of pyridine rings is 1. The van der Waals surface area contributed by atoms with Crippen LogP contribution >= 0.6 is 11.6 Å². The van der Waals surface area contributed by atoms with Crippen LogP contribution in [0, 0.1) is 0 Å². The second-order valence-electron chi connectivity index (χ2n) is 7.24. The molecule has 154 valence electrons. The summed E-state index contributed by atoms with van der Waals surface area (Å²) in [6.45, 7) is 1.51. The van der Waals surface area contributed by atoms with Gasteiger partial charge in [-0.25, -0.2) is 4.98 Å². The Morgan fingerprint density at radius 3 is 2.57 bits per heavy atom. The minimum atomic E-state index is -0.384. The van der Waals surface area contributed by atoms with Crippen molar-refractivity contribution in [3.05, 3.63) is 64.8 Å². The Balaban J connectivity index is 1.54. The number of methoxy groups -OCH3 is 1. The smallest absolute Gasteiger partial charge is 0.274 e. The van der Waals surface area contributed by atoms with Gasteiger partial charge in [0.2, 0.25) is 5.88 Å². The second-order valence-corrected chi connectivity index (χ2v) is 7.65. The second kappa shape index (κ2) is 8.71. The van der Waals surface area contributed by atoms with E-state index in [1.54, 1.807) is 24.3 Å². The quantitative estimate of drug-likeness (QED) is 0.655. The predicted octanol–water partition coefficient (Wildman–Crippen LogP) is 4.78. The number of carbonyl (C=O) groups excluding carboxylic acids is 2. The van der Waals surface area contributed by atoms with Crippen molar-refractivity contribution in [3.63, 3.8) is 0 Å². The van der Waals surface area contributed by atoms with Crippen molar-refractivity contribution in [2.24, 2.45) is 0 Å². The van der Waals surface area contributed by atoms with Gasteiger partial charge in [-0.05, 0) is 55.0 Å². The summed E-state index contributed by atoms with van der Waals surface area (Å²) in [5.41, 5.74) is 1.17. The number of likely N-dealkylation sites (tertiary alicyclic amines) is 1. The predicted molar refractivity (Wildman–Crippen MR) is 117 cm³/mol. The van der Waals surface area contributed by atoms with E-state index in [9.17, 15) is 9.59 Å². The largest absolute Gasteiger partial charge is 0.481 e. The summed E-state index contributed by atoms with van der Waals surface area (Å²) in [4.78, 5) is 31.6. The monoisotopic (exact) mass is 423 g/mol. The Morgan fingerprint density at radius 1 is 1.07 bits per heavy atom. The van der Waals surface area contributed by atoms with Crippen LogP contribution in [0.5, 0.6) is 5.88 Å². The number of amides is 2. The SMILES string of the molecule is COc1nc(C(=O)Nc2ccc(C(=O)N3CCCCC3)c(Cl)c2)cc2ccccc12. The van der Waals surface area contributed by atoms with Crippen LogP contribution in [0.3, 0.4) is 0 Å². The topological polar surface area (TPSA) is 71.5 Å². The van der Waals surface area contributed by atoms with Crippen LogP contribution in [-0.2, 0) is 0 Å². The van der Waals surface area contributed by atoms with Gasteiger partial charge in [-0.3, -0.25) is 9.59 Å². The lowest BCUT2D eigenvalue weighted by atomic mass is 10.1. The number of hydrogen-bond acceptors (Lipinski definition) is 4. The van der Waals surface area contributed by atoms with Gasteiger partial charge >= 0.3 is 0 Å². The molecule has 2 aromatic carbocycles. The summed E-state index contributed by atoms with van der Waals surface area (Å²) in [5, 5.41) is 4.80. The number of nitrogens with zero attached hydrogens (tertiary/aromatic N) is 2. The van der Waals surface area contributed by atoms with Crippen LogP contribution in [0.25, 0.3) is 10.8 Å². The molecule has 1 fully saturated rings. The fraction of sp³-hybridized carbons (Fsp3) is 0.261. The lowest BCUT2D eigenvalue weighted by molar-refractivity contribution is 0.0724. The number of ether oxygens (including phenoxy) is 1. The van der Waals surface area contributed by atoms with E-state index in [0.29, 0.717) is 22.2 Å². The van der Waals surface area contributed by atoms with Gasteiger partial charge in [-0.15, -0.1) is 0 Å². The average Bonchev–Trinajstić information content (AvgIpc) is 2.78. The third-order valence-corrected chi connectivity index (χ3v) is 5.54. The van der Waals surface area contributed by atoms with Crippen LogP contribution in [0.15, 0.2) is 48.5 Å². The van der Waals surface area contributed by atoms with E-state index in [0.717, 1.165) is 43.1 Å². The molecule has 7 heteroatoms. The molecule has 1 saturated heterocycles. The normalized spacial score (nSPS) is 13.9. The molecule has 1 aromatic heterocycles. The standard InChI is InChI=1S/C23H22ClN3O3/c1-30-22-17-8-4-3-7-15(17)13-20(26-22)21(28)25-16-9-10-18(19(24)14-16)23(29)27-11-5-2-6-12-27/h3-4,7-10,13-14H,2,5-6,11-12H2,1H3,(H,25,28). The number of rotatable bonds is 4. The highest BCUT2D eigenvalue weighted by Crippen LogP contribution is 2.26. The third kappa shape index (κ3) is 4.09. The van der Waals surface area contributed by atoms with Crippen molar-refractivity contribution in [2.75, 3.05) is 25.5 Å². The molecule has 0 saturated carbocycles. The maximum absolute atomic E-state index is 12.8. The van der Waals surface area contributed by atoms with Gasteiger partial charge in [0.25, 0.3) is 11.8 Å². The number of hydrogen-bond donors (Lipinski definition) is 1. The Kier molecular flexibility index (Phi) is 5.86.